The molecule has 106 valence electrons. The smallest absolute Gasteiger partial charge is 0.155 e. The maximum Gasteiger partial charge on any atom is 0.155 e. The van der Waals surface area contributed by atoms with Crippen LogP contribution >= 0.6 is 0 Å². The molecular weight excluding hydrogens is 250 g/mol. The lowest BCUT2D eigenvalue weighted by Crippen LogP contribution is -2.33. The van der Waals surface area contributed by atoms with Crippen molar-refractivity contribution in [1.82, 2.24) is 5.32 Å². The van der Waals surface area contributed by atoms with Crippen molar-refractivity contribution in [1.29, 1.82) is 0 Å². The average Bonchev–Trinajstić information content (AvgIpc) is 2.94. The summed E-state index contributed by atoms with van der Waals surface area (Å²) in [5, 5.41) is 3.04. The van der Waals surface area contributed by atoms with Crippen molar-refractivity contribution in [3.05, 3.63) is 0 Å². The van der Waals surface area contributed by atoms with Crippen LogP contribution in [0.5, 0.6) is 0 Å². The third kappa shape index (κ3) is 3.06. The number of ether oxygens (including phenoxy) is 1. The predicted octanol–water partition coefficient (Wildman–Crippen LogP) is 1.36. The van der Waals surface area contributed by atoms with Crippen LogP contribution in [0, 0.1) is 5.92 Å². The van der Waals surface area contributed by atoms with Crippen LogP contribution in [0.3, 0.4) is 0 Å². The Morgan fingerprint density at radius 1 is 1.28 bits per heavy atom. The molecule has 0 spiro atoms. The lowest BCUT2D eigenvalue weighted by Gasteiger charge is -2.20. The van der Waals surface area contributed by atoms with Gasteiger partial charge >= 0.3 is 0 Å². The van der Waals surface area contributed by atoms with Gasteiger partial charge in [0.25, 0.3) is 0 Å². The van der Waals surface area contributed by atoms with Crippen molar-refractivity contribution in [2.24, 2.45) is 5.92 Å². The molecular formula is C13H25NO3S. The average molecular weight is 275 g/mol. The molecule has 0 aromatic heterocycles. The van der Waals surface area contributed by atoms with Crippen LogP contribution in [-0.2, 0) is 14.6 Å². The van der Waals surface area contributed by atoms with E-state index in [0.717, 1.165) is 12.8 Å². The van der Waals surface area contributed by atoms with Gasteiger partial charge in [0.05, 0.1) is 17.1 Å². The van der Waals surface area contributed by atoms with Crippen molar-refractivity contribution in [3.63, 3.8) is 0 Å². The van der Waals surface area contributed by atoms with Gasteiger partial charge in [-0.05, 0) is 45.6 Å². The molecule has 0 amide bonds. The minimum Gasteiger partial charge on any atom is -0.377 e. The zero-order valence-corrected chi connectivity index (χ0v) is 12.2. The summed E-state index contributed by atoms with van der Waals surface area (Å²) in [6, 6.07) is 0.512. The highest BCUT2D eigenvalue weighted by Gasteiger charge is 2.36. The minimum absolute atomic E-state index is 0.126. The molecule has 4 atom stereocenters. The molecule has 1 saturated heterocycles. The van der Waals surface area contributed by atoms with Gasteiger partial charge in [0.15, 0.2) is 9.84 Å². The molecule has 1 aliphatic heterocycles. The number of hydrogen-bond acceptors (Lipinski definition) is 4. The van der Waals surface area contributed by atoms with Gasteiger partial charge in [0.1, 0.15) is 0 Å². The fourth-order valence-corrected chi connectivity index (χ4v) is 5.46. The molecule has 4 nitrogen and oxygen atoms in total. The van der Waals surface area contributed by atoms with Crippen LogP contribution in [0.4, 0.5) is 0 Å². The van der Waals surface area contributed by atoms with Gasteiger partial charge in [-0.15, -0.1) is 0 Å². The van der Waals surface area contributed by atoms with Crippen LogP contribution < -0.4 is 5.32 Å². The first kappa shape index (κ1) is 14.3. The van der Waals surface area contributed by atoms with E-state index in [2.05, 4.69) is 5.32 Å². The van der Waals surface area contributed by atoms with Crippen molar-refractivity contribution < 1.29 is 13.2 Å². The lowest BCUT2D eigenvalue weighted by atomic mass is 10.0. The van der Waals surface area contributed by atoms with E-state index in [-0.39, 0.29) is 11.4 Å². The summed E-state index contributed by atoms with van der Waals surface area (Å²) in [5.41, 5.74) is 0. The topological polar surface area (TPSA) is 55.4 Å². The molecule has 1 aliphatic carbocycles. The Hall–Kier alpha value is -0.130. The molecule has 0 radical (unpaired) electrons. The van der Waals surface area contributed by atoms with Gasteiger partial charge in [-0.1, -0.05) is 6.42 Å². The Morgan fingerprint density at radius 3 is 2.67 bits per heavy atom. The second kappa shape index (κ2) is 5.88. The molecule has 2 fully saturated rings. The van der Waals surface area contributed by atoms with E-state index in [1.54, 1.807) is 0 Å². The summed E-state index contributed by atoms with van der Waals surface area (Å²) in [5.74, 6) is 0.858. The minimum atomic E-state index is -2.98. The quantitative estimate of drug-likeness (QED) is 0.823. The van der Waals surface area contributed by atoms with E-state index >= 15 is 0 Å². The summed E-state index contributed by atoms with van der Waals surface area (Å²) < 4.78 is 30.0. The van der Waals surface area contributed by atoms with E-state index in [1.807, 2.05) is 14.0 Å². The molecule has 0 aromatic carbocycles. The first-order valence-electron chi connectivity index (χ1n) is 7.05. The monoisotopic (exact) mass is 275 g/mol. The van der Waals surface area contributed by atoms with Crippen LogP contribution in [0.1, 0.15) is 39.0 Å². The van der Waals surface area contributed by atoms with Gasteiger partial charge in [0, 0.05) is 12.6 Å². The Bertz CT molecular complexity index is 368. The van der Waals surface area contributed by atoms with E-state index in [9.17, 15) is 8.42 Å². The van der Waals surface area contributed by atoms with Gasteiger partial charge in [-0.3, -0.25) is 0 Å². The Kier molecular flexibility index (Phi) is 4.67. The molecule has 4 unspecified atom stereocenters. The van der Waals surface area contributed by atoms with E-state index in [1.165, 1.54) is 12.8 Å². The standard InChI is InChI=1S/C13H25NO3S/c1-10-13(6-8-17-10)18(15,16)9-7-11-4-3-5-12(11)14-2/h10-14H,3-9H2,1-2H3. The summed E-state index contributed by atoms with van der Waals surface area (Å²) in [4.78, 5) is 0. The van der Waals surface area contributed by atoms with Gasteiger partial charge in [0.2, 0.25) is 0 Å². The highest BCUT2D eigenvalue weighted by molar-refractivity contribution is 7.92. The number of sulfone groups is 1. The highest BCUT2D eigenvalue weighted by Crippen LogP contribution is 2.30. The molecule has 1 saturated carbocycles. The zero-order valence-electron chi connectivity index (χ0n) is 11.4. The summed E-state index contributed by atoms with van der Waals surface area (Å²) >= 11 is 0. The second-order valence-corrected chi connectivity index (χ2v) is 7.98. The first-order chi connectivity index (χ1) is 8.54. The van der Waals surface area contributed by atoms with E-state index < -0.39 is 9.84 Å². The normalized spacial score (nSPS) is 37.2. The fourth-order valence-electron chi connectivity index (χ4n) is 3.41. The molecule has 0 bridgehead atoms. The molecule has 2 aliphatic rings. The van der Waals surface area contributed by atoms with Crippen LogP contribution in [-0.4, -0.2) is 45.2 Å². The van der Waals surface area contributed by atoms with Crippen molar-refractivity contribution in [2.75, 3.05) is 19.4 Å². The molecule has 5 heteroatoms. The van der Waals surface area contributed by atoms with Gasteiger partial charge in [-0.25, -0.2) is 8.42 Å². The molecule has 0 aromatic rings. The van der Waals surface area contributed by atoms with Gasteiger partial charge in [-0.2, -0.15) is 0 Å². The predicted molar refractivity (Wildman–Crippen MR) is 72.4 cm³/mol. The third-order valence-corrected chi connectivity index (χ3v) is 6.92. The van der Waals surface area contributed by atoms with Gasteiger partial charge < -0.3 is 10.1 Å². The molecule has 1 N–H and O–H groups in total. The van der Waals surface area contributed by atoms with E-state index in [0.29, 0.717) is 30.7 Å². The lowest BCUT2D eigenvalue weighted by molar-refractivity contribution is 0.126. The maximum absolute atomic E-state index is 12.3. The Balaban J connectivity index is 1.89. The molecule has 18 heavy (non-hydrogen) atoms. The van der Waals surface area contributed by atoms with Crippen LogP contribution in [0.15, 0.2) is 0 Å². The largest absolute Gasteiger partial charge is 0.377 e. The van der Waals surface area contributed by atoms with Crippen LogP contribution in [0.2, 0.25) is 0 Å². The summed E-state index contributed by atoms with van der Waals surface area (Å²) in [7, 11) is -1.00. The maximum atomic E-state index is 12.3. The molecule has 1 heterocycles. The third-order valence-electron chi connectivity index (χ3n) is 4.57. The summed E-state index contributed by atoms with van der Waals surface area (Å²) in [6.45, 7) is 2.47. The zero-order chi connectivity index (χ0) is 13.2. The van der Waals surface area contributed by atoms with Crippen molar-refractivity contribution in [3.8, 4) is 0 Å². The number of hydrogen-bond donors (Lipinski definition) is 1. The first-order valence-corrected chi connectivity index (χ1v) is 8.76. The summed E-state index contributed by atoms with van der Waals surface area (Å²) in [6.07, 6.45) is 4.92. The van der Waals surface area contributed by atoms with Crippen molar-refractivity contribution in [2.45, 2.75) is 56.4 Å². The SMILES string of the molecule is CNC1CCCC1CCS(=O)(=O)C1CCOC1C. The van der Waals surface area contributed by atoms with E-state index in [4.69, 9.17) is 4.74 Å². The highest BCUT2D eigenvalue weighted by atomic mass is 32.2. The Labute approximate surface area is 110 Å². The molecule has 2 rings (SSSR count). The number of nitrogens with one attached hydrogen (secondary N) is 1. The second-order valence-electron chi connectivity index (χ2n) is 5.64. The Morgan fingerprint density at radius 2 is 2.06 bits per heavy atom. The fraction of sp³-hybridized carbons (Fsp3) is 1.00. The number of rotatable bonds is 5. The van der Waals surface area contributed by atoms with Crippen LogP contribution in [0.25, 0.3) is 0 Å². The van der Waals surface area contributed by atoms with Crippen molar-refractivity contribution >= 4 is 9.84 Å².